The van der Waals surface area contributed by atoms with Crippen LogP contribution in [0.25, 0.3) is 11.0 Å². The second-order valence-electron chi connectivity index (χ2n) is 6.74. The SMILES string of the molecule is Cc1cccc2[nH]c([C@@H]3CCCN(C(=O)CCCS(N)(=O)=O)C3)nc12. The summed E-state index contributed by atoms with van der Waals surface area (Å²) in [6.45, 7) is 3.37. The Bertz CT molecular complexity index is 875. The van der Waals surface area contributed by atoms with Crippen molar-refractivity contribution in [2.24, 2.45) is 5.14 Å². The molecule has 8 heteroatoms. The predicted molar refractivity (Wildman–Crippen MR) is 96.6 cm³/mol. The van der Waals surface area contributed by atoms with E-state index in [9.17, 15) is 13.2 Å². The summed E-state index contributed by atoms with van der Waals surface area (Å²) in [5.41, 5.74) is 3.13. The molecule has 1 saturated heterocycles. The summed E-state index contributed by atoms with van der Waals surface area (Å²) in [6, 6.07) is 6.05. The van der Waals surface area contributed by atoms with Crippen molar-refractivity contribution in [1.82, 2.24) is 14.9 Å². The predicted octanol–water partition coefficient (Wildman–Crippen LogP) is 1.65. The first-order chi connectivity index (χ1) is 11.8. The number of likely N-dealkylation sites (tertiary alicyclic amines) is 1. The molecule has 1 aliphatic rings. The summed E-state index contributed by atoms with van der Waals surface area (Å²) in [7, 11) is -3.51. The summed E-state index contributed by atoms with van der Waals surface area (Å²) < 4.78 is 22.0. The van der Waals surface area contributed by atoms with Crippen molar-refractivity contribution in [3.05, 3.63) is 29.6 Å². The number of benzene rings is 1. The van der Waals surface area contributed by atoms with Crippen LogP contribution < -0.4 is 5.14 Å². The number of para-hydroxylation sites is 1. The lowest BCUT2D eigenvalue weighted by Gasteiger charge is -2.32. The number of sulfonamides is 1. The van der Waals surface area contributed by atoms with Crippen molar-refractivity contribution in [2.75, 3.05) is 18.8 Å². The Morgan fingerprint density at radius 1 is 1.44 bits per heavy atom. The van der Waals surface area contributed by atoms with Crippen molar-refractivity contribution in [3.63, 3.8) is 0 Å². The Morgan fingerprint density at radius 2 is 2.24 bits per heavy atom. The maximum absolute atomic E-state index is 12.3. The maximum atomic E-state index is 12.3. The van der Waals surface area contributed by atoms with E-state index in [0.717, 1.165) is 35.3 Å². The number of imidazole rings is 1. The lowest BCUT2D eigenvalue weighted by molar-refractivity contribution is -0.132. The minimum atomic E-state index is -3.51. The number of aryl methyl sites for hydroxylation is 1. The van der Waals surface area contributed by atoms with E-state index in [1.165, 1.54) is 0 Å². The van der Waals surface area contributed by atoms with Gasteiger partial charge in [0.2, 0.25) is 15.9 Å². The van der Waals surface area contributed by atoms with Crippen LogP contribution in [0.5, 0.6) is 0 Å². The standard InChI is InChI=1S/C17H24N4O3S/c1-12-5-2-7-14-16(12)20-17(19-14)13-6-3-9-21(11-13)15(22)8-4-10-25(18,23)24/h2,5,7,13H,3-4,6,8-11H2,1H3,(H,19,20)(H2,18,23,24)/t13-/m1/s1. The third kappa shape index (κ3) is 4.38. The van der Waals surface area contributed by atoms with E-state index in [1.54, 1.807) is 0 Å². The molecule has 0 unspecified atom stereocenters. The van der Waals surface area contributed by atoms with Crippen LogP contribution >= 0.6 is 0 Å². The van der Waals surface area contributed by atoms with Crippen molar-refractivity contribution >= 4 is 27.0 Å². The second-order valence-corrected chi connectivity index (χ2v) is 8.48. The number of fused-ring (bicyclic) bond motifs is 1. The van der Waals surface area contributed by atoms with Gasteiger partial charge in [-0.3, -0.25) is 4.79 Å². The largest absolute Gasteiger partial charge is 0.342 e. The van der Waals surface area contributed by atoms with E-state index in [2.05, 4.69) is 4.98 Å². The number of amides is 1. The fourth-order valence-corrected chi connectivity index (χ4v) is 3.94. The van der Waals surface area contributed by atoms with Crippen LogP contribution in [0.1, 0.15) is 43.0 Å². The number of rotatable bonds is 5. The van der Waals surface area contributed by atoms with Crippen LogP contribution in [-0.4, -0.2) is 48.0 Å². The molecule has 3 N–H and O–H groups in total. The number of aromatic amines is 1. The van der Waals surface area contributed by atoms with Crippen LogP contribution in [0.15, 0.2) is 18.2 Å². The highest BCUT2D eigenvalue weighted by Gasteiger charge is 2.26. The molecule has 2 aromatic rings. The molecule has 25 heavy (non-hydrogen) atoms. The molecule has 0 aliphatic carbocycles. The lowest BCUT2D eigenvalue weighted by atomic mass is 9.97. The average molecular weight is 364 g/mol. The smallest absolute Gasteiger partial charge is 0.222 e. The molecular formula is C17H24N4O3S. The topological polar surface area (TPSA) is 109 Å². The van der Waals surface area contributed by atoms with Gasteiger partial charge in [0.1, 0.15) is 5.82 Å². The van der Waals surface area contributed by atoms with Crippen LogP contribution in [0.4, 0.5) is 0 Å². The first-order valence-corrected chi connectivity index (χ1v) is 10.3. The van der Waals surface area contributed by atoms with Gasteiger partial charge in [-0.05, 0) is 37.8 Å². The van der Waals surface area contributed by atoms with E-state index >= 15 is 0 Å². The number of carbonyl (C=O) groups is 1. The molecule has 7 nitrogen and oxygen atoms in total. The minimum absolute atomic E-state index is 0.0133. The number of H-pyrrole nitrogens is 1. The number of nitrogens with one attached hydrogen (secondary N) is 1. The number of nitrogens with two attached hydrogens (primary N) is 1. The van der Waals surface area contributed by atoms with Crippen molar-refractivity contribution in [1.29, 1.82) is 0 Å². The summed E-state index contributed by atoms with van der Waals surface area (Å²) >= 11 is 0. The van der Waals surface area contributed by atoms with Crippen molar-refractivity contribution in [3.8, 4) is 0 Å². The molecule has 1 fully saturated rings. The Kier molecular flexibility index (Phi) is 5.10. The number of aromatic nitrogens is 2. The second kappa shape index (κ2) is 7.13. The van der Waals surface area contributed by atoms with Gasteiger partial charge in [-0.2, -0.15) is 0 Å². The summed E-state index contributed by atoms with van der Waals surface area (Å²) in [5, 5.41) is 4.98. The normalized spacial score (nSPS) is 18.6. The number of primary sulfonamides is 1. The highest BCUT2D eigenvalue weighted by molar-refractivity contribution is 7.89. The first kappa shape index (κ1) is 17.9. The van der Waals surface area contributed by atoms with E-state index in [1.807, 2.05) is 30.0 Å². The van der Waals surface area contributed by atoms with Gasteiger partial charge in [0.25, 0.3) is 0 Å². The lowest BCUT2D eigenvalue weighted by Crippen LogP contribution is -2.39. The molecule has 1 amide bonds. The van der Waals surface area contributed by atoms with E-state index < -0.39 is 10.0 Å². The monoisotopic (exact) mass is 364 g/mol. The Balaban J connectivity index is 1.66. The van der Waals surface area contributed by atoms with E-state index in [4.69, 9.17) is 10.1 Å². The summed E-state index contributed by atoms with van der Waals surface area (Å²) in [5.74, 6) is 0.938. The highest BCUT2D eigenvalue weighted by atomic mass is 32.2. The number of hydrogen-bond donors (Lipinski definition) is 2. The van der Waals surface area contributed by atoms with Crippen LogP contribution in [0.3, 0.4) is 0 Å². The Labute approximate surface area is 147 Å². The molecule has 3 rings (SSSR count). The fraction of sp³-hybridized carbons (Fsp3) is 0.529. The van der Waals surface area contributed by atoms with Crippen LogP contribution in [-0.2, 0) is 14.8 Å². The quantitative estimate of drug-likeness (QED) is 0.840. The van der Waals surface area contributed by atoms with Gasteiger partial charge in [0.15, 0.2) is 0 Å². The molecule has 136 valence electrons. The third-order valence-electron chi connectivity index (χ3n) is 4.71. The zero-order valence-electron chi connectivity index (χ0n) is 14.4. The summed E-state index contributed by atoms with van der Waals surface area (Å²) in [4.78, 5) is 22.3. The first-order valence-electron chi connectivity index (χ1n) is 8.57. The molecule has 0 bridgehead atoms. The average Bonchev–Trinajstić information content (AvgIpc) is 2.99. The highest BCUT2D eigenvalue weighted by Crippen LogP contribution is 2.28. The molecule has 1 atom stereocenters. The molecular weight excluding hydrogens is 340 g/mol. The molecule has 1 aliphatic heterocycles. The number of carbonyl (C=O) groups excluding carboxylic acids is 1. The minimum Gasteiger partial charge on any atom is -0.342 e. The molecule has 2 heterocycles. The van der Waals surface area contributed by atoms with E-state index in [0.29, 0.717) is 13.1 Å². The van der Waals surface area contributed by atoms with Gasteiger partial charge in [-0.1, -0.05) is 12.1 Å². The maximum Gasteiger partial charge on any atom is 0.222 e. The zero-order chi connectivity index (χ0) is 18.0. The number of piperidine rings is 1. The number of nitrogens with zero attached hydrogens (tertiary/aromatic N) is 2. The van der Waals surface area contributed by atoms with Crippen LogP contribution in [0, 0.1) is 6.92 Å². The molecule has 0 spiro atoms. The van der Waals surface area contributed by atoms with Crippen LogP contribution in [0.2, 0.25) is 0 Å². The van der Waals surface area contributed by atoms with Gasteiger partial charge >= 0.3 is 0 Å². The van der Waals surface area contributed by atoms with Gasteiger partial charge in [0.05, 0.1) is 16.8 Å². The van der Waals surface area contributed by atoms with Crippen molar-refractivity contribution in [2.45, 2.75) is 38.5 Å². The Hall–Kier alpha value is -1.93. The number of hydrogen-bond acceptors (Lipinski definition) is 4. The molecule has 0 saturated carbocycles. The van der Waals surface area contributed by atoms with Crippen molar-refractivity contribution < 1.29 is 13.2 Å². The molecule has 1 aromatic carbocycles. The zero-order valence-corrected chi connectivity index (χ0v) is 15.2. The van der Waals surface area contributed by atoms with Gasteiger partial charge in [-0.25, -0.2) is 18.5 Å². The van der Waals surface area contributed by atoms with E-state index in [-0.39, 0.29) is 30.4 Å². The molecule has 1 aromatic heterocycles. The Morgan fingerprint density at radius 3 is 2.96 bits per heavy atom. The summed E-state index contributed by atoms with van der Waals surface area (Å²) in [6.07, 6.45) is 2.38. The van der Waals surface area contributed by atoms with Gasteiger partial charge in [0, 0.05) is 25.4 Å². The molecule has 0 radical (unpaired) electrons. The van der Waals surface area contributed by atoms with Gasteiger partial charge < -0.3 is 9.88 Å². The third-order valence-corrected chi connectivity index (χ3v) is 5.57. The van der Waals surface area contributed by atoms with Gasteiger partial charge in [-0.15, -0.1) is 0 Å². The fourth-order valence-electron chi connectivity index (χ4n) is 3.40.